The predicted molar refractivity (Wildman–Crippen MR) is 173 cm³/mol. The lowest BCUT2D eigenvalue weighted by Gasteiger charge is -2.34. The average molecular weight is 657 g/mol. The highest BCUT2D eigenvalue weighted by Gasteiger charge is 2.35. The SMILES string of the molecule is CCSC(NC(=O)[C@H](Cc1ccccc1)NS(=O)(=O)N1CCOCC1)C(=O)N[C@@H](CC1CCCCC1)[C@@H](O)[C@@H](O)CC(C)C. The van der Waals surface area contributed by atoms with Crippen molar-refractivity contribution in [3.05, 3.63) is 35.9 Å². The number of aliphatic hydroxyl groups is 2. The molecule has 2 fully saturated rings. The lowest BCUT2D eigenvalue weighted by Crippen LogP contribution is -2.58. The van der Waals surface area contributed by atoms with Crippen LogP contribution < -0.4 is 15.4 Å². The second kappa shape index (κ2) is 18.4. The number of aliphatic hydroxyl groups excluding tert-OH is 2. The zero-order valence-corrected chi connectivity index (χ0v) is 28.0. The molecule has 250 valence electrons. The summed E-state index contributed by atoms with van der Waals surface area (Å²) in [7, 11) is -4.01. The molecular weight excluding hydrogens is 604 g/mol. The minimum Gasteiger partial charge on any atom is -0.390 e. The molecule has 5 N–H and O–H groups in total. The lowest BCUT2D eigenvalue weighted by molar-refractivity contribution is -0.129. The van der Waals surface area contributed by atoms with Gasteiger partial charge in [0.05, 0.1) is 25.4 Å². The van der Waals surface area contributed by atoms with E-state index in [2.05, 4.69) is 15.4 Å². The van der Waals surface area contributed by atoms with E-state index in [1.165, 1.54) is 22.5 Å². The molecule has 1 saturated carbocycles. The number of nitrogens with zero attached hydrogens (tertiary/aromatic N) is 1. The maximum atomic E-state index is 13.7. The van der Waals surface area contributed by atoms with Gasteiger partial charge in [0.2, 0.25) is 5.91 Å². The summed E-state index contributed by atoms with van der Waals surface area (Å²) >= 11 is 1.21. The minimum absolute atomic E-state index is 0.0891. The number of nitrogens with one attached hydrogen (secondary N) is 3. The van der Waals surface area contributed by atoms with Gasteiger partial charge in [-0.25, -0.2) is 0 Å². The van der Waals surface area contributed by atoms with Gasteiger partial charge >= 0.3 is 0 Å². The number of ether oxygens (including phenoxy) is 1. The molecule has 1 saturated heterocycles. The molecule has 2 aliphatic rings. The van der Waals surface area contributed by atoms with Crippen LogP contribution in [0, 0.1) is 11.8 Å². The molecule has 0 spiro atoms. The Balaban J connectivity index is 1.77. The molecule has 1 aliphatic carbocycles. The summed E-state index contributed by atoms with van der Waals surface area (Å²) in [6.07, 6.45) is 4.26. The number of amides is 2. The molecule has 5 atom stereocenters. The van der Waals surface area contributed by atoms with Gasteiger partial charge in [0.1, 0.15) is 12.1 Å². The first-order valence-electron chi connectivity index (χ1n) is 16.0. The highest BCUT2D eigenvalue weighted by molar-refractivity contribution is 8.00. The van der Waals surface area contributed by atoms with E-state index in [1.807, 2.05) is 51.1 Å². The zero-order valence-electron chi connectivity index (χ0n) is 26.3. The van der Waals surface area contributed by atoms with Gasteiger partial charge in [0, 0.05) is 13.1 Å². The Hall–Kier alpha value is -1.74. The van der Waals surface area contributed by atoms with E-state index >= 15 is 0 Å². The summed E-state index contributed by atoms with van der Waals surface area (Å²) in [4.78, 5) is 27.4. The van der Waals surface area contributed by atoms with Crippen LogP contribution in [0.5, 0.6) is 0 Å². The Morgan fingerprint density at radius 1 is 1.02 bits per heavy atom. The Bertz CT molecular complexity index is 1110. The fourth-order valence-corrected chi connectivity index (χ4v) is 7.95. The summed E-state index contributed by atoms with van der Waals surface area (Å²) in [5, 5.41) is 26.6. The summed E-state index contributed by atoms with van der Waals surface area (Å²) in [6, 6.07) is 7.24. The first-order chi connectivity index (χ1) is 21.0. The Morgan fingerprint density at radius 3 is 2.30 bits per heavy atom. The van der Waals surface area contributed by atoms with E-state index in [0.29, 0.717) is 24.5 Å². The molecule has 1 heterocycles. The molecule has 13 heteroatoms. The third-order valence-corrected chi connectivity index (χ3v) is 10.8. The van der Waals surface area contributed by atoms with Crippen molar-refractivity contribution < 1.29 is 33.0 Å². The van der Waals surface area contributed by atoms with E-state index < -0.39 is 51.7 Å². The monoisotopic (exact) mass is 656 g/mol. The van der Waals surface area contributed by atoms with Crippen LogP contribution in [0.25, 0.3) is 0 Å². The number of hydrogen-bond acceptors (Lipinski definition) is 8. The molecule has 0 aromatic heterocycles. The molecule has 1 aromatic carbocycles. The summed E-state index contributed by atoms with van der Waals surface area (Å²) in [5.74, 6) is -0.123. The van der Waals surface area contributed by atoms with E-state index in [-0.39, 0.29) is 38.6 Å². The van der Waals surface area contributed by atoms with Crippen LogP contribution in [0.4, 0.5) is 0 Å². The predicted octanol–water partition coefficient (Wildman–Crippen LogP) is 2.18. The molecule has 44 heavy (non-hydrogen) atoms. The van der Waals surface area contributed by atoms with Gasteiger partial charge in [-0.2, -0.15) is 17.4 Å². The zero-order chi connectivity index (χ0) is 32.1. The first-order valence-corrected chi connectivity index (χ1v) is 18.5. The van der Waals surface area contributed by atoms with Crippen molar-refractivity contribution in [2.24, 2.45) is 11.8 Å². The third kappa shape index (κ3) is 11.9. The van der Waals surface area contributed by atoms with Gasteiger partial charge in [-0.05, 0) is 42.4 Å². The van der Waals surface area contributed by atoms with Crippen molar-refractivity contribution in [2.75, 3.05) is 32.1 Å². The highest BCUT2D eigenvalue weighted by Crippen LogP contribution is 2.29. The first kappa shape index (κ1) is 36.7. The summed E-state index contributed by atoms with van der Waals surface area (Å²) in [5.41, 5.74) is 0.760. The molecular formula is C31H52N4O7S2. The van der Waals surface area contributed by atoms with E-state index in [9.17, 15) is 28.2 Å². The summed E-state index contributed by atoms with van der Waals surface area (Å²) in [6.45, 7) is 6.69. The third-order valence-electron chi connectivity index (χ3n) is 8.20. The quantitative estimate of drug-likeness (QED) is 0.160. The topological polar surface area (TPSA) is 157 Å². The van der Waals surface area contributed by atoms with Crippen LogP contribution in [0.15, 0.2) is 30.3 Å². The fraction of sp³-hybridized carbons (Fsp3) is 0.742. The van der Waals surface area contributed by atoms with E-state index in [1.54, 1.807) is 0 Å². The van der Waals surface area contributed by atoms with Crippen molar-refractivity contribution in [1.82, 2.24) is 19.7 Å². The smallest absolute Gasteiger partial charge is 0.280 e. The van der Waals surface area contributed by atoms with Crippen LogP contribution in [0.1, 0.15) is 71.3 Å². The number of rotatable bonds is 17. The van der Waals surface area contributed by atoms with Gasteiger partial charge in [0.15, 0.2) is 5.37 Å². The van der Waals surface area contributed by atoms with Crippen molar-refractivity contribution in [1.29, 1.82) is 0 Å². The highest BCUT2D eigenvalue weighted by atomic mass is 32.2. The maximum Gasteiger partial charge on any atom is 0.280 e. The molecule has 11 nitrogen and oxygen atoms in total. The molecule has 1 aromatic rings. The molecule has 1 aliphatic heterocycles. The standard InChI is InChI=1S/C31H52N4O7S2/c1-4-43-31(30(39)32-25(20-23-11-7-5-8-12-23)28(37)27(36)19-22(2)3)33-29(38)26(21-24-13-9-6-10-14-24)34-44(40,41)35-15-17-42-18-16-35/h6,9-10,13-14,22-23,25-28,31,34,36-37H,4-5,7-8,11-12,15-21H2,1-3H3,(H,32,39)(H,33,38)/t25-,26-,27-,28+,31?/m0/s1. The molecule has 3 rings (SSSR count). The number of thioether (sulfide) groups is 1. The van der Waals surface area contributed by atoms with Crippen LogP contribution >= 0.6 is 11.8 Å². The van der Waals surface area contributed by atoms with Crippen molar-refractivity contribution in [3.8, 4) is 0 Å². The average Bonchev–Trinajstić information content (AvgIpc) is 3.00. The second-order valence-corrected chi connectivity index (χ2v) is 15.3. The minimum atomic E-state index is -4.01. The van der Waals surface area contributed by atoms with Crippen molar-refractivity contribution in [3.63, 3.8) is 0 Å². The van der Waals surface area contributed by atoms with Gasteiger partial charge in [0.25, 0.3) is 16.1 Å². The lowest BCUT2D eigenvalue weighted by atomic mass is 9.82. The van der Waals surface area contributed by atoms with Crippen LogP contribution in [-0.2, 0) is 31.0 Å². The van der Waals surface area contributed by atoms with Gasteiger partial charge in [-0.1, -0.05) is 83.2 Å². The molecule has 0 bridgehead atoms. The van der Waals surface area contributed by atoms with Gasteiger partial charge in [-0.3, -0.25) is 9.59 Å². The van der Waals surface area contributed by atoms with E-state index in [0.717, 1.165) is 31.2 Å². The Kier molecular flexibility index (Phi) is 15.4. The number of carbonyl (C=O) groups is 2. The number of benzene rings is 1. The normalized spacial score (nSPS) is 20.4. The molecule has 1 unspecified atom stereocenters. The second-order valence-electron chi connectivity index (χ2n) is 12.3. The van der Waals surface area contributed by atoms with Crippen LogP contribution in [0.2, 0.25) is 0 Å². The van der Waals surface area contributed by atoms with Crippen LogP contribution in [0.3, 0.4) is 0 Å². The van der Waals surface area contributed by atoms with Gasteiger partial charge < -0.3 is 25.6 Å². The largest absolute Gasteiger partial charge is 0.390 e. The van der Waals surface area contributed by atoms with Crippen LogP contribution in [-0.4, -0.2) is 96.5 Å². The maximum absolute atomic E-state index is 13.7. The van der Waals surface area contributed by atoms with Crippen molar-refractivity contribution >= 4 is 33.8 Å². The number of morpholine rings is 1. The van der Waals surface area contributed by atoms with E-state index in [4.69, 9.17) is 4.74 Å². The fourth-order valence-electron chi connectivity index (χ4n) is 5.87. The van der Waals surface area contributed by atoms with Crippen molar-refractivity contribution in [2.45, 2.75) is 102 Å². The summed E-state index contributed by atoms with van der Waals surface area (Å²) < 4.78 is 35.6. The Labute approximate surface area is 267 Å². The number of carbonyl (C=O) groups excluding carboxylic acids is 2. The number of hydrogen-bond donors (Lipinski definition) is 5. The molecule has 0 radical (unpaired) electrons. The van der Waals surface area contributed by atoms with Gasteiger partial charge in [-0.15, -0.1) is 11.8 Å². The Morgan fingerprint density at radius 2 is 1.68 bits per heavy atom. The molecule has 2 amide bonds.